The van der Waals surface area contributed by atoms with Gasteiger partial charge < -0.3 is 10.2 Å². The van der Waals surface area contributed by atoms with Crippen LogP contribution in [0.4, 0.5) is 10.2 Å². The molecule has 3 unspecified atom stereocenters. The van der Waals surface area contributed by atoms with E-state index in [4.69, 9.17) is 0 Å². The van der Waals surface area contributed by atoms with Gasteiger partial charge in [-0.25, -0.2) is 9.37 Å². The van der Waals surface area contributed by atoms with Crippen LogP contribution in [0.1, 0.15) is 44.5 Å². The molecule has 1 N–H and O–H groups in total. The summed E-state index contributed by atoms with van der Waals surface area (Å²) in [5, 5.41) is 2.85. The molecule has 1 aromatic rings. The molecule has 5 heteroatoms. The maximum Gasteiger partial charge on any atom is 0.257 e. The molecule has 0 bridgehead atoms. The van der Waals surface area contributed by atoms with E-state index in [2.05, 4.69) is 24.1 Å². The van der Waals surface area contributed by atoms with Gasteiger partial charge in [-0.05, 0) is 38.2 Å². The molecule has 1 saturated heterocycles. The summed E-state index contributed by atoms with van der Waals surface area (Å²) >= 11 is 0. The van der Waals surface area contributed by atoms with Crippen molar-refractivity contribution in [2.75, 3.05) is 18.4 Å². The number of hydrogen-bond donors (Lipinski definition) is 1. The van der Waals surface area contributed by atoms with Crippen molar-refractivity contribution in [1.29, 1.82) is 0 Å². The Kier molecular flexibility index (Phi) is 4.80. The normalized spacial score (nSPS) is 25.8. The maximum absolute atomic E-state index is 14.4. The second-order valence-electron chi connectivity index (χ2n) is 6.07. The average Bonchev–Trinajstić information content (AvgIpc) is 2.44. The highest BCUT2D eigenvalue weighted by Crippen LogP contribution is 2.29. The van der Waals surface area contributed by atoms with E-state index in [1.165, 1.54) is 12.3 Å². The fourth-order valence-electron chi connectivity index (χ4n) is 3.04. The summed E-state index contributed by atoms with van der Waals surface area (Å²) in [6.07, 6.45) is 2.59. The van der Waals surface area contributed by atoms with Crippen LogP contribution in [-0.4, -0.2) is 34.9 Å². The number of piperidine rings is 1. The Hall–Kier alpha value is -1.65. The average molecular weight is 293 g/mol. The number of nitrogens with one attached hydrogen (secondary N) is 1. The van der Waals surface area contributed by atoms with Crippen molar-refractivity contribution in [2.45, 2.75) is 40.2 Å². The summed E-state index contributed by atoms with van der Waals surface area (Å²) in [6.45, 7) is 9.44. The molecule has 0 aromatic carbocycles. The van der Waals surface area contributed by atoms with Crippen LogP contribution in [0.2, 0.25) is 0 Å². The van der Waals surface area contributed by atoms with Gasteiger partial charge in [0.2, 0.25) is 0 Å². The van der Waals surface area contributed by atoms with Crippen LogP contribution in [-0.2, 0) is 0 Å². The van der Waals surface area contributed by atoms with Crippen LogP contribution in [0.25, 0.3) is 0 Å². The lowest BCUT2D eigenvalue weighted by Gasteiger charge is -2.41. The van der Waals surface area contributed by atoms with E-state index in [0.29, 0.717) is 24.9 Å². The number of pyridine rings is 1. The van der Waals surface area contributed by atoms with Crippen LogP contribution in [0, 0.1) is 17.7 Å². The summed E-state index contributed by atoms with van der Waals surface area (Å²) in [4.78, 5) is 18.5. The van der Waals surface area contributed by atoms with Crippen LogP contribution in [0.15, 0.2) is 12.3 Å². The Labute approximate surface area is 125 Å². The number of aromatic nitrogens is 1. The van der Waals surface area contributed by atoms with E-state index < -0.39 is 5.82 Å². The molecule has 3 atom stereocenters. The molecule has 1 amide bonds. The van der Waals surface area contributed by atoms with E-state index in [1.54, 1.807) is 4.90 Å². The molecule has 1 aromatic heterocycles. The number of rotatable bonds is 3. The second kappa shape index (κ2) is 6.41. The van der Waals surface area contributed by atoms with E-state index >= 15 is 0 Å². The van der Waals surface area contributed by atoms with Gasteiger partial charge >= 0.3 is 0 Å². The third-order valence-electron chi connectivity index (χ3n) is 4.32. The van der Waals surface area contributed by atoms with Crippen LogP contribution < -0.4 is 5.32 Å². The van der Waals surface area contributed by atoms with Gasteiger partial charge in [0.1, 0.15) is 0 Å². The number of likely N-dealkylation sites (tertiary alicyclic amines) is 1. The molecule has 0 radical (unpaired) electrons. The summed E-state index contributed by atoms with van der Waals surface area (Å²) in [7, 11) is 0. The predicted molar refractivity (Wildman–Crippen MR) is 81.8 cm³/mol. The molecule has 2 heterocycles. The standard InChI is InChI=1S/C16H24FN3O/c1-5-18-15-14(17)13(6-7-19-15)16(21)20-9-10(2)8-11(3)12(20)4/h6-7,10-12H,5,8-9H2,1-4H3,(H,18,19). The van der Waals surface area contributed by atoms with Gasteiger partial charge in [0, 0.05) is 25.3 Å². The summed E-state index contributed by atoms with van der Waals surface area (Å²) < 4.78 is 14.4. The Morgan fingerprint density at radius 3 is 2.86 bits per heavy atom. The van der Waals surface area contributed by atoms with Gasteiger partial charge in [0.25, 0.3) is 5.91 Å². The highest BCUT2D eigenvalue weighted by Gasteiger charge is 2.33. The smallest absolute Gasteiger partial charge is 0.257 e. The zero-order valence-electron chi connectivity index (χ0n) is 13.2. The SMILES string of the molecule is CCNc1nccc(C(=O)N2CC(C)CC(C)C2C)c1F. The predicted octanol–water partition coefficient (Wildman–Crippen LogP) is 3.16. The number of halogens is 1. The monoisotopic (exact) mass is 293 g/mol. The first-order valence-corrected chi connectivity index (χ1v) is 7.65. The minimum absolute atomic E-state index is 0.106. The van der Waals surface area contributed by atoms with Gasteiger partial charge in [-0.15, -0.1) is 0 Å². The molecular weight excluding hydrogens is 269 g/mol. The van der Waals surface area contributed by atoms with Crippen LogP contribution >= 0.6 is 0 Å². The quantitative estimate of drug-likeness (QED) is 0.931. The fourth-order valence-corrected chi connectivity index (χ4v) is 3.04. The molecule has 0 saturated carbocycles. The molecule has 0 spiro atoms. The molecule has 1 aliphatic rings. The topological polar surface area (TPSA) is 45.2 Å². The van der Waals surface area contributed by atoms with Crippen LogP contribution in [0.3, 0.4) is 0 Å². The van der Waals surface area contributed by atoms with Crippen molar-refractivity contribution >= 4 is 11.7 Å². The van der Waals surface area contributed by atoms with Gasteiger partial charge in [-0.3, -0.25) is 4.79 Å². The lowest BCUT2D eigenvalue weighted by Crippen LogP contribution is -2.49. The maximum atomic E-state index is 14.4. The first-order valence-electron chi connectivity index (χ1n) is 7.65. The Balaban J connectivity index is 2.29. The molecule has 0 aliphatic carbocycles. The van der Waals surface area contributed by atoms with E-state index in [1.807, 2.05) is 13.8 Å². The van der Waals surface area contributed by atoms with Gasteiger partial charge in [-0.2, -0.15) is 0 Å². The van der Waals surface area contributed by atoms with Crippen molar-refractivity contribution in [2.24, 2.45) is 11.8 Å². The third-order valence-corrected chi connectivity index (χ3v) is 4.32. The summed E-state index contributed by atoms with van der Waals surface area (Å²) in [6, 6.07) is 1.60. The number of hydrogen-bond acceptors (Lipinski definition) is 3. The molecule has 1 aliphatic heterocycles. The number of nitrogens with zero attached hydrogens (tertiary/aromatic N) is 2. The molecule has 1 fully saturated rings. The van der Waals surface area contributed by atoms with Crippen molar-refractivity contribution in [3.8, 4) is 0 Å². The summed E-state index contributed by atoms with van der Waals surface area (Å²) in [5.74, 6) is 0.227. The minimum atomic E-state index is -0.553. The minimum Gasteiger partial charge on any atom is -0.368 e. The molecule has 2 rings (SSSR count). The highest BCUT2D eigenvalue weighted by molar-refractivity contribution is 5.95. The van der Waals surface area contributed by atoms with Gasteiger partial charge in [-0.1, -0.05) is 13.8 Å². The largest absolute Gasteiger partial charge is 0.368 e. The lowest BCUT2D eigenvalue weighted by atomic mass is 9.85. The lowest BCUT2D eigenvalue weighted by molar-refractivity contribution is 0.0451. The van der Waals surface area contributed by atoms with Gasteiger partial charge in [0.05, 0.1) is 5.56 Å². The van der Waals surface area contributed by atoms with Crippen molar-refractivity contribution in [1.82, 2.24) is 9.88 Å². The summed E-state index contributed by atoms with van der Waals surface area (Å²) in [5.41, 5.74) is 0.106. The van der Waals surface area contributed by atoms with Crippen molar-refractivity contribution < 1.29 is 9.18 Å². The number of carbonyl (C=O) groups excluding carboxylic acids is 1. The molecule has 21 heavy (non-hydrogen) atoms. The van der Waals surface area contributed by atoms with Crippen molar-refractivity contribution in [3.63, 3.8) is 0 Å². The second-order valence-corrected chi connectivity index (χ2v) is 6.07. The number of amides is 1. The molecule has 4 nitrogen and oxygen atoms in total. The van der Waals surface area contributed by atoms with Crippen molar-refractivity contribution in [3.05, 3.63) is 23.6 Å². The zero-order valence-corrected chi connectivity index (χ0v) is 13.2. The first-order chi connectivity index (χ1) is 9.95. The van der Waals surface area contributed by atoms with E-state index in [9.17, 15) is 9.18 Å². The third kappa shape index (κ3) is 3.17. The molecule has 116 valence electrons. The highest BCUT2D eigenvalue weighted by atomic mass is 19.1. The van der Waals surface area contributed by atoms with E-state index in [-0.39, 0.29) is 23.3 Å². The number of carbonyl (C=O) groups is 1. The Morgan fingerprint density at radius 2 is 2.19 bits per heavy atom. The Morgan fingerprint density at radius 1 is 1.48 bits per heavy atom. The fraction of sp³-hybridized carbons (Fsp3) is 0.625. The first kappa shape index (κ1) is 15.7. The van der Waals surface area contributed by atoms with E-state index in [0.717, 1.165) is 6.42 Å². The molecular formula is C16H24FN3O. The number of anilines is 1. The zero-order chi connectivity index (χ0) is 15.6. The van der Waals surface area contributed by atoms with Crippen LogP contribution in [0.5, 0.6) is 0 Å². The van der Waals surface area contributed by atoms with Gasteiger partial charge in [0.15, 0.2) is 11.6 Å². The Bertz CT molecular complexity index is 520.